The summed E-state index contributed by atoms with van der Waals surface area (Å²) in [4.78, 5) is 54.4. The lowest BCUT2D eigenvalue weighted by atomic mass is 10.1. The lowest BCUT2D eigenvalue weighted by molar-refractivity contribution is 0.0491. The Morgan fingerprint density at radius 3 is 2.32 bits per heavy atom. The van der Waals surface area contributed by atoms with Crippen LogP contribution in [0.4, 0.5) is 16.2 Å². The molecule has 14 nitrogen and oxygen atoms in total. The van der Waals surface area contributed by atoms with Crippen molar-refractivity contribution >= 4 is 57.1 Å². The van der Waals surface area contributed by atoms with Crippen LogP contribution < -0.4 is 23.8 Å². The van der Waals surface area contributed by atoms with Crippen molar-refractivity contribution in [1.82, 2.24) is 14.8 Å². The zero-order valence-corrected chi connectivity index (χ0v) is 33.0. The van der Waals surface area contributed by atoms with Gasteiger partial charge in [-0.2, -0.15) is 0 Å². The van der Waals surface area contributed by atoms with Crippen LogP contribution in [-0.2, 0) is 4.74 Å². The summed E-state index contributed by atoms with van der Waals surface area (Å²) in [6, 6.07) is 11.2. The number of rotatable bonds is 13. The van der Waals surface area contributed by atoms with Gasteiger partial charge in [-0.15, -0.1) is 0 Å². The monoisotopic (exact) mass is 801 g/mol. The molecule has 0 saturated carbocycles. The van der Waals surface area contributed by atoms with Gasteiger partial charge in [0.1, 0.15) is 11.6 Å². The molecule has 3 aromatic rings. The molecule has 2 fully saturated rings. The predicted molar refractivity (Wildman–Crippen MR) is 214 cm³/mol. The molecule has 5 heterocycles. The second-order valence-corrected chi connectivity index (χ2v) is 16.5. The Balaban J connectivity index is 1.05. The Morgan fingerprint density at radius 2 is 1.61 bits per heavy atom. The number of aliphatic hydroxyl groups is 1. The molecule has 0 spiro atoms. The number of hydrogen-bond acceptors (Lipinski definition) is 13. The molecule has 7 rings (SSSR count). The van der Waals surface area contributed by atoms with Crippen LogP contribution >= 0.6 is 21.6 Å². The van der Waals surface area contributed by atoms with E-state index in [2.05, 4.69) is 23.1 Å². The minimum absolute atomic E-state index is 0.0449. The van der Waals surface area contributed by atoms with E-state index in [0.29, 0.717) is 48.6 Å². The van der Waals surface area contributed by atoms with Crippen molar-refractivity contribution in [2.45, 2.75) is 54.8 Å². The van der Waals surface area contributed by atoms with E-state index >= 15 is 0 Å². The number of aliphatic hydroxyl groups excluding tert-OH is 1. The Bertz CT molecular complexity index is 2060. The fourth-order valence-electron chi connectivity index (χ4n) is 7.03. The van der Waals surface area contributed by atoms with Gasteiger partial charge in [0.2, 0.25) is 0 Å². The number of aromatic nitrogens is 1. The topological polar surface area (TPSA) is 153 Å². The number of hydrogen-bond donors (Lipinski definition) is 1. The van der Waals surface area contributed by atoms with Crippen molar-refractivity contribution in [2.24, 2.45) is 4.99 Å². The number of amides is 3. The number of fused-ring (bicyclic) bond motifs is 4. The first-order chi connectivity index (χ1) is 27.1. The van der Waals surface area contributed by atoms with Crippen LogP contribution in [0, 0.1) is 0 Å². The van der Waals surface area contributed by atoms with Gasteiger partial charge in [-0.1, -0.05) is 41.2 Å². The maximum atomic E-state index is 13.9. The largest absolute Gasteiger partial charge is 0.493 e. The fraction of sp³-hybridized carbons (Fsp3) is 0.375. The number of pyridine rings is 1. The van der Waals surface area contributed by atoms with Crippen LogP contribution in [-0.4, -0.2) is 115 Å². The summed E-state index contributed by atoms with van der Waals surface area (Å²) in [7, 11) is 5.94. The second-order valence-electron chi connectivity index (χ2n) is 13.8. The van der Waals surface area contributed by atoms with Crippen LogP contribution in [0.2, 0.25) is 0 Å². The number of carbonyl (C=O) groups is 3. The number of methoxy groups -OCH3 is 2. The third kappa shape index (κ3) is 8.04. The first-order valence-corrected chi connectivity index (χ1v) is 20.3. The zero-order chi connectivity index (χ0) is 39.5. The Kier molecular flexibility index (Phi) is 11.8. The minimum atomic E-state index is -1.42. The van der Waals surface area contributed by atoms with Crippen molar-refractivity contribution in [3.63, 3.8) is 0 Å². The van der Waals surface area contributed by atoms with E-state index in [1.807, 2.05) is 25.1 Å². The molecule has 0 aliphatic carbocycles. The molecule has 294 valence electrons. The third-order valence-electron chi connectivity index (χ3n) is 9.76. The maximum absolute atomic E-state index is 13.9. The second kappa shape index (κ2) is 16.9. The zero-order valence-electron chi connectivity index (χ0n) is 31.3. The lowest BCUT2D eigenvalue weighted by Gasteiger charge is -2.31. The number of ether oxygens (including phenoxy) is 5. The highest BCUT2D eigenvalue weighted by Crippen LogP contribution is 2.43. The highest BCUT2D eigenvalue weighted by atomic mass is 33.1. The van der Waals surface area contributed by atoms with Gasteiger partial charge in [-0.05, 0) is 54.8 Å². The quantitative estimate of drug-likeness (QED) is 0.117. The minimum Gasteiger partial charge on any atom is -0.493 e. The molecular formula is C40H43N5O9S2. The van der Waals surface area contributed by atoms with E-state index in [0.717, 1.165) is 21.1 Å². The molecule has 0 bridgehead atoms. The molecule has 2 aromatic carbocycles. The van der Waals surface area contributed by atoms with E-state index in [4.69, 9.17) is 23.7 Å². The summed E-state index contributed by atoms with van der Waals surface area (Å²) in [5.41, 5.74) is 2.97. The van der Waals surface area contributed by atoms with Gasteiger partial charge >= 0.3 is 6.09 Å². The Labute approximate surface area is 332 Å². The molecule has 1 aromatic heterocycles. The van der Waals surface area contributed by atoms with Gasteiger partial charge < -0.3 is 38.6 Å². The van der Waals surface area contributed by atoms with E-state index in [9.17, 15) is 19.5 Å². The highest BCUT2D eigenvalue weighted by Gasteiger charge is 2.46. The molecule has 2 unspecified atom stereocenters. The van der Waals surface area contributed by atoms with E-state index < -0.39 is 18.4 Å². The van der Waals surface area contributed by atoms with Crippen molar-refractivity contribution in [2.75, 3.05) is 52.0 Å². The number of benzene rings is 2. The highest BCUT2D eigenvalue weighted by molar-refractivity contribution is 8.76. The SMILES string of the molecule is C=C1C[C@H]2C=Nc3cc(OCCCOc4cc5c(cc4OC)C(=O)N4CC(=C)C[C@H]4C(O)N5C(=O)OCC(C)SSc4ccccn4)c(OC)cc3C(=O)N2C1. The van der Waals surface area contributed by atoms with Gasteiger partial charge in [0.15, 0.2) is 29.2 Å². The summed E-state index contributed by atoms with van der Waals surface area (Å²) in [5, 5.41) is 12.4. The normalized spacial score (nSPS) is 20.4. The van der Waals surface area contributed by atoms with Crippen molar-refractivity contribution in [1.29, 1.82) is 0 Å². The smallest absolute Gasteiger partial charge is 0.416 e. The third-order valence-corrected chi connectivity index (χ3v) is 12.5. The molecule has 16 heteroatoms. The fourth-order valence-corrected chi connectivity index (χ4v) is 8.90. The van der Waals surface area contributed by atoms with Gasteiger partial charge in [0.25, 0.3) is 11.8 Å². The molecule has 4 aliphatic heterocycles. The van der Waals surface area contributed by atoms with Gasteiger partial charge in [0, 0.05) is 49.3 Å². The van der Waals surface area contributed by atoms with E-state index in [-0.39, 0.29) is 72.2 Å². The van der Waals surface area contributed by atoms with Crippen LogP contribution in [0.3, 0.4) is 0 Å². The molecule has 4 aliphatic rings. The van der Waals surface area contributed by atoms with Crippen molar-refractivity contribution < 1.29 is 43.2 Å². The predicted octanol–water partition coefficient (Wildman–Crippen LogP) is 6.31. The molecule has 3 amide bonds. The van der Waals surface area contributed by atoms with E-state index in [1.54, 1.807) is 29.4 Å². The van der Waals surface area contributed by atoms with Gasteiger partial charge in [0.05, 0.1) is 62.0 Å². The van der Waals surface area contributed by atoms with Crippen LogP contribution in [0.15, 0.2) is 83.0 Å². The molecule has 2 saturated heterocycles. The molecule has 0 radical (unpaired) electrons. The average molecular weight is 802 g/mol. The molecule has 4 atom stereocenters. The first-order valence-electron chi connectivity index (χ1n) is 18.1. The molecule has 56 heavy (non-hydrogen) atoms. The maximum Gasteiger partial charge on any atom is 0.416 e. The summed E-state index contributed by atoms with van der Waals surface area (Å²) in [5.74, 6) is 0.844. The molecular weight excluding hydrogens is 759 g/mol. The number of anilines is 1. The van der Waals surface area contributed by atoms with Crippen LogP contribution in [0.1, 0.15) is 46.9 Å². The summed E-state index contributed by atoms with van der Waals surface area (Å²) < 4.78 is 29.2. The summed E-state index contributed by atoms with van der Waals surface area (Å²) in [6.45, 7) is 11.2. The number of carbonyl (C=O) groups excluding carboxylic acids is 3. The molecule has 1 N–H and O–H groups in total. The average Bonchev–Trinajstić information content (AvgIpc) is 3.74. The van der Waals surface area contributed by atoms with Crippen molar-refractivity contribution in [3.8, 4) is 23.0 Å². The Hall–Kier alpha value is -5.19. The van der Waals surface area contributed by atoms with Crippen LogP contribution in [0.25, 0.3) is 0 Å². The standard InChI is InChI=1S/C40H43N5O9S2/c1-23-13-26-19-42-29-17-34(32(50-4)15-27(29)37(46)43(26)20-23)52-11-8-12-53-35-18-30-28(16-33(35)51-5)38(47)44-21-24(2)14-31(44)39(48)45(30)40(49)54-22-25(3)55-56-36-9-6-7-10-41-36/h6-7,9-10,15-19,25-26,31,39,48H,1-2,8,11-14,20-22H2,3-5H3/t25?,26-,31-,39?/m0/s1. The van der Waals surface area contributed by atoms with Crippen LogP contribution in [0.5, 0.6) is 23.0 Å². The van der Waals surface area contributed by atoms with Gasteiger partial charge in [-0.25, -0.2) is 14.7 Å². The van der Waals surface area contributed by atoms with Gasteiger partial charge in [-0.3, -0.25) is 14.6 Å². The summed E-state index contributed by atoms with van der Waals surface area (Å²) >= 11 is 0. The van der Waals surface area contributed by atoms with E-state index in [1.165, 1.54) is 52.8 Å². The number of aliphatic imine (C=N–C) groups is 1. The lowest BCUT2D eigenvalue weighted by Crippen LogP contribution is -2.51. The van der Waals surface area contributed by atoms with Crippen molar-refractivity contribution in [3.05, 3.63) is 84.1 Å². The Morgan fingerprint density at radius 1 is 0.929 bits per heavy atom. The number of nitrogens with zero attached hydrogens (tertiary/aromatic N) is 5. The summed E-state index contributed by atoms with van der Waals surface area (Å²) in [6.07, 6.45) is 2.68. The first kappa shape index (κ1) is 39.1.